The zero-order valence-corrected chi connectivity index (χ0v) is 17.7. The molecule has 0 aromatic heterocycles. The lowest BCUT2D eigenvalue weighted by molar-refractivity contribution is 0.0494. The van der Waals surface area contributed by atoms with Crippen LogP contribution in [0.2, 0.25) is 0 Å². The molecule has 0 heterocycles. The largest absolute Gasteiger partial charge is 0.496 e. The Morgan fingerprint density at radius 1 is 0.786 bits per heavy atom. The van der Waals surface area contributed by atoms with E-state index in [4.69, 9.17) is 9.47 Å². The van der Waals surface area contributed by atoms with E-state index in [1.807, 2.05) is 36.4 Å². The maximum absolute atomic E-state index is 12.4. The maximum Gasteiger partial charge on any atom is 0.341 e. The van der Waals surface area contributed by atoms with Crippen LogP contribution in [0.25, 0.3) is 10.8 Å². The molecule has 0 N–H and O–H groups in total. The van der Waals surface area contributed by atoms with Gasteiger partial charge in [0.15, 0.2) is 0 Å². The van der Waals surface area contributed by atoms with Gasteiger partial charge in [0.25, 0.3) is 0 Å². The van der Waals surface area contributed by atoms with Gasteiger partial charge in [-0.15, -0.1) is 0 Å². The van der Waals surface area contributed by atoms with Crippen molar-refractivity contribution < 1.29 is 14.3 Å². The number of fused-ring (bicyclic) bond motifs is 1. The van der Waals surface area contributed by atoms with E-state index in [1.54, 1.807) is 7.11 Å². The van der Waals surface area contributed by atoms with E-state index in [2.05, 4.69) is 6.92 Å². The molecule has 0 bridgehead atoms. The van der Waals surface area contributed by atoms with Gasteiger partial charge in [-0.25, -0.2) is 4.79 Å². The molecule has 0 saturated heterocycles. The topological polar surface area (TPSA) is 35.5 Å². The molecule has 2 aromatic carbocycles. The van der Waals surface area contributed by atoms with Gasteiger partial charge in [-0.05, 0) is 29.3 Å². The highest BCUT2D eigenvalue weighted by Gasteiger charge is 2.14. The molecule has 0 unspecified atom stereocenters. The van der Waals surface area contributed by atoms with Crippen molar-refractivity contribution in [3.63, 3.8) is 0 Å². The smallest absolute Gasteiger partial charge is 0.341 e. The molecule has 0 atom stereocenters. The van der Waals surface area contributed by atoms with Crippen LogP contribution in [0.4, 0.5) is 0 Å². The Bertz CT molecular complexity index is 708. The van der Waals surface area contributed by atoms with Crippen LogP contribution in [0, 0.1) is 0 Å². The third-order valence-corrected chi connectivity index (χ3v) is 5.27. The van der Waals surface area contributed by atoms with Gasteiger partial charge >= 0.3 is 5.97 Å². The first kappa shape index (κ1) is 22.3. The number of benzene rings is 2. The molecule has 0 radical (unpaired) electrons. The Hall–Kier alpha value is -2.03. The number of carbonyl (C=O) groups excluding carboxylic acids is 1. The summed E-state index contributed by atoms with van der Waals surface area (Å²) in [7, 11) is 1.59. The zero-order valence-electron chi connectivity index (χ0n) is 17.7. The lowest BCUT2D eigenvalue weighted by Gasteiger charge is -2.10. The van der Waals surface area contributed by atoms with Gasteiger partial charge in [0.1, 0.15) is 11.3 Å². The van der Waals surface area contributed by atoms with Crippen LogP contribution in [0.3, 0.4) is 0 Å². The van der Waals surface area contributed by atoms with Crippen LogP contribution in [0.15, 0.2) is 36.4 Å². The van der Waals surface area contributed by atoms with Gasteiger partial charge < -0.3 is 9.47 Å². The van der Waals surface area contributed by atoms with Crippen molar-refractivity contribution in [1.29, 1.82) is 0 Å². The number of esters is 1. The van der Waals surface area contributed by atoms with Crippen molar-refractivity contribution in [3.8, 4) is 5.75 Å². The third-order valence-electron chi connectivity index (χ3n) is 5.27. The van der Waals surface area contributed by atoms with E-state index < -0.39 is 0 Å². The summed E-state index contributed by atoms with van der Waals surface area (Å²) in [5.41, 5.74) is 0.504. The van der Waals surface area contributed by atoms with Crippen molar-refractivity contribution in [2.75, 3.05) is 13.7 Å². The summed E-state index contributed by atoms with van der Waals surface area (Å²) in [5, 5.41) is 2.08. The number of hydrogen-bond donors (Lipinski definition) is 0. The highest BCUT2D eigenvalue weighted by Crippen LogP contribution is 2.26. The van der Waals surface area contributed by atoms with Gasteiger partial charge in [-0.3, -0.25) is 0 Å². The average Bonchev–Trinajstić information content (AvgIpc) is 2.73. The molecule has 2 rings (SSSR count). The molecule has 0 fully saturated rings. The molecule has 0 aliphatic heterocycles. The minimum Gasteiger partial charge on any atom is -0.496 e. The lowest BCUT2D eigenvalue weighted by Crippen LogP contribution is -2.08. The van der Waals surface area contributed by atoms with Crippen molar-refractivity contribution in [2.24, 2.45) is 0 Å². The second kappa shape index (κ2) is 13.2. The van der Waals surface area contributed by atoms with E-state index in [0.29, 0.717) is 17.9 Å². The number of methoxy groups -OCH3 is 1. The van der Waals surface area contributed by atoms with Crippen LogP contribution < -0.4 is 4.74 Å². The second-order valence-corrected chi connectivity index (χ2v) is 7.57. The predicted octanol–water partition coefficient (Wildman–Crippen LogP) is 7.32. The highest BCUT2D eigenvalue weighted by atomic mass is 16.5. The Balaban J connectivity index is 1.62. The molecule has 0 aliphatic carbocycles. The number of unbranched alkanes of at least 4 members (excludes halogenated alkanes) is 10. The van der Waals surface area contributed by atoms with Gasteiger partial charge in [0.05, 0.1) is 13.7 Å². The Morgan fingerprint density at radius 2 is 1.32 bits per heavy atom. The van der Waals surface area contributed by atoms with Crippen molar-refractivity contribution in [3.05, 3.63) is 42.0 Å². The zero-order chi connectivity index (χ0) is 20.0. The van der Waals surface area contributed by atoms with Crippen LogP contribution in [-0.4, -0.2) is 19.7 Å². The standard InChI is InChI=1S/C25H36O3/c1-3-4-5-6-7-8-9-10-11-12-15-18-28-25(26)23-19-21-16-13-14-17-22(21)20-24(23)27-2/h13-14,16-17,19-20H,3-12,15,18H2,1-2H3. The molecule has 0 saturated carbocycles. The van der Waals surface area contributed by atoms with Crippen LogP contribution >= 0.6 is 0 Å². The summed E-state index contributed by atoms with van der Waals surface area (Å²) < 4.78 is 10.9. The predicted molar refractivity (Wildman–Crippen MR) is 117 cm³/mol. The van der Waals surface area contributed by atoms with E-state index in [0.717, 1.165) is 23.6 Å². The quantitative estimate of drug-likeness (QED) is 0.253. The third kappa shape index (κ3) is 7.53. The maximum atomic E-state index is 12.4. The fourth-order valence-electron chi connectivity index (χ4n) is 3.56. The van der Waals surface area contributed by atoms with Crippen molar-refractivity contribution in [2.45, 2.75) is 77.6 Å². The summed E-state index contributed by atoms with van der Waals surface area (Å²) in [5.74, 6) is 0.275. The fourth-order valence-corrected chi connectivity index (χ4v) is 3.56. The summed E-state index contributed by atoms with van der Waals surface area (Å²) in [4.78, 5) is 12.4. The van der Waals surface area contributed by atoms with Crippen LogP contribution in [0.1, 0.15) is 87.9 Å². The van der Waals surface area contributed by atoms with Gasteiger partial charge in [0.2, 0.25) is 0 Å². The van der Waals surface area contributed by atoms with E-state index in [9.17, 15) is 4.79 Å². The Labute approximate surface area is 170 Å². The molecular weight excluding hydrogens is 348 g/mol. The van der Waals surface area contributed by atoms with Crippen molar-refractivity contribution >= 4 is 16.7 Å². The number of ether oxygens (including phenoxy) is 2. The van der Waals surface area contributed by atoms with E-state index >= 15 is 0 Å². The van der Waals surface area contributed by atoms with Gasteiger partial charge in [0, 0.05) is 0 Å². The SMILES string of the molecule is CCCCCCCCCCCCCOC(=O)c1cc2ccccc2cc1OC. The minimum absolute atomic E-state index is 0.297. The molecule has 28 heavy (non-hydrogen) atoms. The van der Waals surface area contributed by atoms with E-state index in [1.165, 1.54) is 57.8 Å². The lowest BCUT2D eigenvalue weighted by atomic mass is 10.1. The highest BCUT2D eigenvalue weighted by molar-refractivity contribution is 5.98. The van der Waals surface area contributed by atoms with E-state index in [-0.39, 0.29) is 5.97 Å². The summed E-state index contributed by atoms with van der Waals surface area (Å²) >= 11 is 0. The number of rotatable bonds is 14. The Kier molecular flexibility index (Phi) is 10.5. The van der Waals surface area contributed by atoms with Crippen LogP contribution in [0.5, 0.6) is 5.75 Å². The van der Waals surface area contributed by atoms with Crippen LogP contribution in [-0.2, 0) is 4.74 Å². The summed E-state index contributed by atoms with van der Waals surface area (Å²) in [6.07, 6.45) is 14.1. The molecule has 3 nitrogen and oxygen atoms in total. The molecule has 154 valence electrons. The molecule has 0 amide bonds. The molecular formula is C25H36O3. The summed E-state index contributed by atoms with van der Waals surface area (Å²) in [6.45, 7) is 2.74. The average molecular weight is 385 g/mol. The van der Waals surface area contributed by atoms with Gasteiger partial charge in [-0.2, -0.15) is 0 Å². The first-order valence-electron chi connectivity index (χ1n) is 11.0. The minimum atomic E-state index is -0.297. The summed E-state index contributed by atoms with van der Waals surface area (Å²) in [6, 6.07) is 11.7. The normalized spacial score (nSPS) is 10.9. The number of carbonyl (C=O) groups is 1. The molecule has 0 spiro atoms. The first-order chi connectivity index (χ1) is 13.8. The second-order valence-electron chi connectivity index (χ2n) is 7.57. The number of hydrogen-bond acceptors (Lipinski definition) is 3. The fraction of sp³-hybridized carbons (Fsp3) is 0.560. The molecule has 0 aliphatic rings. The molecule has 3 heteroatoms. The monoisotopic (exact) mass is 384 g/mol. The molecule has 2 aromatic rings. The van der Waals surface area contributed by atoms with Crippen molar-refractivity contribution in [1.82, 2.24) is 0 Å². The van der Waals surface area contributed by atoms with Gasteiger partial charge in [-0.1, -0.05) is 95.4 Å². The first-order valence-corrected chi connectivity index (χ1v) is 11.0. The Morgan fingerprint density at radius 3 is 1.89 bits per heavy atom.